The van der Waals surface area contributed by atoms with Crippen LogP contribution in [0.1, 0.15) is 24.0 Å². The molecule has 0 saturated carbocycles. The molecule has 202 valence electrons. The molecule has 0 unspecified atom stereocenters. The second-order valence-corrected chi connectivity index (χ2v) is 11.4. The average Bonchev–Trinajstić information content (AvgIpc) is 3.18. The molecule has 39 heavy (non-hydrogen) atoms. The number of thiocarbonyl (C=S) groups is 1. The van der Waals surface area contributed by atoms with Crippen LogP contribution >= 0.6 is 35.6 Å². The first-order chi connectivity index (χ1) is 18.7. The summed E-state index contributed by atoms with van der Waals surface area (Å²) in [5.41, 5.74) is 2.52. The molecule has 0 aliphatic carbocycles. The van der Waals surface area contributed by atoms with Crippen LogP contribution in [0, 0.1) is 6.92 Å². The SMILES string of the molecule is Cc1cccn2c(=O)c(C=C3SC(=S)N(CCCC(=O)O)C3=O)c(N3CCN(c4cccc(Cl)c4)CC3)nc12. The van der Waals surface area contributed by atoms with Gasteiger partial charge in [-0.2, -0.15) is 0 Å². The van der Waals surface area contributed by atoms with Crippen molar-refractivity contribution in [2.45, 2.75) is 19.8 Å². The number of rotatable bonds is 7. The van der Waals surface area contributed by atoms with Crippen LogP contribution in [-0.4, -0.2) is 68.3 Å². The van der Waals surface area contributed by atoms with E-state index in [1.807, 2.05) is 37.3 Å². The average molecular weight is 584 g/mol. The molecule has 4 heterocycles. The van der Waals surface area contributed by atoms with Gasteiger partial charge in [0.15, 0.2) is 0 Å². The number of aromatic nitrogens is 2. The number of benzene rings is 1. The number of aliphatic carboxylic acids is 1. The molecule has 2 saturated heterocycles. The van der Waals surface area contributed by atoms with Crippen molar-refractivity contribution in [1.29, 1.82) is 0 Å². The predicted octanol–water partition coefficient (Wildman–Crippen LogP) is 4.05. The summed E-state index contributed by atoms with van der Waals surface area (Å²) < 4.78 is 1.85. The van der Waals surface area contributed by atoms with Crippen molar-refractivity contribution >= 4 is 75.0 Å². The molecule has 2 aliphatic rings. The molecule has 1 N–H and O–H groups in total. The van der Waals surface area contributed by atoms with Gasteiger partial charge in [-0.25, -0.2) is 4.98 Å². The molecular formula is C27H26ClN5O4S2. The Morgan fingerprint density at radius 1 is 1.15 bits per heavy atom. The van der Waals surface area contributed by atoms with E-state index in [0.717, 1.165) is 23.0 Å². The highest BCUT2D eigenvalue weighted by molar-refractivity contribution is 8.26. The van der Waals surface area contributed by atoms with Gasteiger partial charge in [0.1, 0.15) is 15.8 Å². The number of pyridine rings is 1. The summed E-state index contributed by atoms with van der Waals surface area (Å²) in [5, 5.41) is 9.62. The number of carbonyl (C=O) groups is 2. The molecule has 0 radical (unpaired) electrons. The maximum Gasteiger partial charge on any atom is 0.303 e. The second-order valence-electron chi connectivity index (χ2n) is 9.32. The number of anilines is 2. The summed E-state index contributed by atoms with van der Waals surface area (Å²) in [4.78, 5) is 48.8. The van der Waals surface area contributed by atoms with Crippen molar-refractivity contribution < 1.29 is 14.7 Å². The van der Waals surface area contributed by atoms with Crippen LogP contribution in [0.25, 0.3) is 11.7 Å². The topological polar surface area (TPSA) is 98.5 Å². The fourth-order valence-corrected chi connectivity index (χ4v) is 6.20. The minimum atomic E-state index is -0.929. The predicted molar refractivity (Wildman–Crippen MR) is 159 cm³/mol. The lowest BCUT2D eigenvalue weighted by atomic mass is 10.2. The normalized spacial score (nSPS) is 17.1. The lowest BCUT2D eigenvalue weighted by Crippen LogP contribution is -2.47. The Kier molecular flexibility index (Phi) is 7.92. The summed E-state index contributed by atoms with van der Waals surface area (Å²) in [6.45, 7) is 4.78. The first-order valence-corrected chi connectivity index (χ1v) is 14.1. The monoisotopic (exact) mass is 583 g/mol. The van der Waals surface area contributed by atoms with Gasteiger partial charge in [-0.3, -0.25) is 23.7 Å². The Balaban J connectivity index is 1.49. The number of thioether (sulfide) groups is 1. The van der Waals surface area contributed by atoms with Gasteiger partial charge >= 0.3 is 5.97 Å². The highest BCUT2D eigenvalue weighted by Crippen LogP contribution is 2.34. The number of halogens is 1. The molecule has 1 amide bonds. The molecule has 12 heteroatoms. The summed E-state index contributed by atoms with van der Waals surface area (Å²) in [6.07, 6.45) is 3.49. The van der Waals surface area contributed by atoms with Gasteiger partial charge in [0.05, 0.1) is 10.5 Å². The molecule has 0 bridgehead atoms. The fourth-order valence-electron chi connectivity index (χ4n) is 4.73. The number of nitrogens with zero attached hydrogens (tertiary/aromatic N) is 5. The number of piperazine rings is 1. The van der Waals surface area contributed by atoms with E-state index in [-0.39, 0.29) is 30.9 Å². The maximum absolute atomic E-state index is 13.8. The highest BCUT2D eigenvalue weighted by Gasteiger charge is 2.33. The number of aryl methyl sites for hydroxylation is 1. The number of hydrogen-bond donors (Lipinski definition) is 1. The minimum absolute atomic E-state index is 0.0588. The highest BCUT2D eigenvalue weighted by atomic mass is 35.5. The summed E-state index contributed by atoms with van der Waals surface area (Å²) in [7, 11) is 0. The number of amides is 1. The molecule has 2 fully saturated rings. The van der Waals surface area contributed by atoms with Crippen molar-refractivity contribution in [3.8, 4) is 0 Å². The lowest BCUT2D eigenvalue weighted by Gasteiger charge is -2.37. The van der Waals surface area contributed by atoms with Crippen LogP contribution < -0.4 is 15.4 Å². The molecule has 1 aromatic carbocycles. The molecule has 5 rings (SSSR count). The van der Waals surface area contributed by atoms with Crippen molar-refractivity contribution in [2.75, 3.05) is 42.5 Å². The van der Waals surface area contributed by atoms with Crippen LogP contribution in [0.3, 0.4) is 0 Å². The molecule has 2 aromatic heterocycles. The largest absolute Gasteiger partial charge is 0.481 e. The van der Waals surface area contributed by atoms with Gasteiger partial charge in [0, 0.05) is 56.1 Å². The Labute approximate surface area is 239 Å². The Morgan fingerprint density at radius 2 is 1.90 bits per heavy atom. The van der Waals surface area contributed by atoms with E-state index in [0.29, 0.717) is 57.5 Å². The van der Waals surface area contributed by atoms with Crippen LogP contribution in [0.2, 0.25) is 5.02 Å². The summed E-state index contributed by atoms with van der Waals surface area (Å²) in [5.74, 6) is -0.737. The zero-order valence-corrected chi connectivity index (χ0v) is 23.6. The number of carboxylic acid groups (broad SMARTS) is 1. The Bertz CT molecular complexity index is 1570. The molecule has 2 aliphatic heterocycles. The van der Waals surface area contributed by atoms with Gasteiger partial charge < -0.3 is 14.9 Å². The van der Waals surface area contributed by atoms with Gasteiger partial charge in [-0.15, -0.1) is 0 Å². The van der Waals surface area contributed by atoms with Crippen molar-refractivity contribution in [3.63, 3.8) is 0 Å². The maximum atomic E-state index is 13.8. The van der Waals surface area contributed by atoms with Crippen molar-refractivity contribution in [1.82, 2.24) is 14.3 Å². The standard InChI is InChI=1S/C27H26ClN5O4S2/c1-17-5-3-9-32-23(17)29-24(31-13-11-30(12-14-31)19-7-2-6-18(28)15-19)20(25(32)36)16-21-26(37)33(27(38)39-21)10-4-8-22(34)35/h2-3,5-7,9,15-16H,4,8,10-14H2,1H3,(H,34,35). The molecule has 0 spiro atoms. The minimum Gasteiger partial charge on any atom is -0.481 e. The number of carboxylic acids is 1. The van der Waals surface area contributed by atoms with Crippen molar-refractivity contribution in [2.24, 2.45) is 0 Å². The fraction of sp³-hybridized carbons (Fsp3) is 0.296. The van der Waals surface area contributed by atoms with E-state index >= 15 is 0 Å². The first-order valence-electron chi connectivity index (χ1n) is 12.5. The molecular weight excluding hydrogens is 558 g/mol. The molecule has 0 atom stereocenters. The third-order valence-corrected chi connectivity index (χ3v) is 8.35. The van der Waals surface area contributed by atoms with Crippen molar-refractivity contribution in [3.05, 3.63) is 74.0 Å². The smallest absolute Gasteiger partial charge is 0.303 e. The van der Waals surface area contributed by atoms with E-state index in [9.17, 15) is 14.4 Å². The third-order valence-electron chi connectivity index (χ3n) is 6.74. The van der Waals surface area contributed by atoms with E-state index in [4.69, 9.17) is 33.9 Å². The zero-order chi connectivity index (χ0) is 27.7. The first kappa shape index (κ1) is 27.2. The van der Waals surface area contributed by atoms with E-state index in [1.165, 1.54) is 9.30 Å². The van der Waals surface area contributed by atoms with Gasteiger partial charge in [-0.05, 0) is 49.2 Å². The van der Waals surface area contributed by atoms with Crippen LogP contribution in [0.15, 0.2) is 52.3 Å². The van der Waals surface area contributed by atoms with E-state index < -0.39 is 5.97 Å². The molecule has 3 aromatic rings. The molecule has 9 nitrogen and oxygen atoms in total. The quantitative estimate of drug-likeness (QED) is 0.326. The number of carbonyl (C=O) groups excluding carboxylic acids is 1. The third kappa shape index (κ3) is 5.66. The van der Waals surface area contributed by atoms with Gasteiger partial charge in [-0.1, -0.05) is 47.7 Å². The van der Waals surface area contributed by atoms with Crippen LogP contribution in [-0.2, 0) is 9.59 Å². The summed E-state index contributed by atoms with van der Waals surface area (Å²) in [6, 6.07) is 11.4. The van der Waals surface area contributed by atoms with E-state index in [1.54, 1.807) is 18.3 Å². The lowest BCUT2D eigenvalue weighted by molar-refractivity contribution is -0.137. The van der Waals surface area contributed by atoms with E-state index in [2.05, 4.69) is 9.80 Å². The Hall–Kier alpha value is -3.41. The van der Waals surface area contributed by atoms with Gasteiger partial charge in [0.25, 0.3) is 11.5 Å². The van der Waals surface area contributed by atoms with Crippen LogP contribution in [0.4, 0.5) is 11.5 Å². The second kappa shape index (κ2) is 11.4. The number of fused-ring (bicyclic) bond motifs is 1. The summed E-state index contributed by atoms with van der Waals surface area (Å²) >= 11 is 12.7. The zero-order valence-electron chi connectivity index (χ0n) is 21.2. The van der Waals surface area contributed by atoms with Crippen LogP contribution in [0.5, 0.6) is 0 Å². The van der Waals surface area contributed by atoms with Gasteiger partial charge in [0.2, 0.25) is 0 Å². The Morgan fingerprint density at radius 3 is 2.62 bits per heavy atom. The number of hydrogen-bond acceptors (Lipinski definition) is 8.